The summed E-state index contributed by atoms with van der Waals surface area (Å²) < 4.78 is 7.40. The van der Waals surface area contributed by atoms with Crippen LogP contribution in [0.3, 0.4) is 0 Å². The molecule has 0 spiro atoms. The lowest BCUT2D eigenvalue weighted by Crippen LogP contribution is -1.94. The van der Waals surface area contributed by atoms with Crippen molar-refractivity contribution in [2.24, 2.45) is 0 Å². The van der Waals surface area contributed by atoms with E-state index in [1.807, 2.05) is 23.5 Å². The molecule has 0 N–H and O–H groups in total. The molecule has 5 heteroatoms. The average Bonchev–Trinajstić information content (AvgIpc) is 3.84. The number of thiophene rings is 1. The van der Waals surface area contributed by atoms with E-state index in [0.29, 0.717) is 0 Å². The lowest BCUT2D eigenvalue weighted by Gasteiger charge is -2.09. The largest absolute Gasteiger partial charge is 0.309 e. The molecule has 0 aliphatic carbocycles. The zero-order valence-electron chi connectivity index (χ0n) is 24.9. The van der Waals surface area contributed by atoms with Gasteiger partial charge in [-0.3, -0.25) is 4.40 Å². The molecule has 0 unspecified atom stereocenters. The summed E-state index contributed by atoms with van der Waals surface area (Å²) >= 11 is 1.88. The van der Waals surface area contributed by atoms with Crippen LogP contribution in [0.4, 0.5) is 0 Å². The number of aromatic nitrogens is 4. The highest BCUT2D eigenvalue weighted by atomic mass is 32.1. The standard InChI is InChI=1S/C42H22N4S/c1-2-10-25-23(9-1)17-18-37-39(25)30-21-28-26-11-3-7-15-34(26)45(36(28)22-38(30)47-37)24-19-29-27-12-4-8-16-35(27)46-41(29)31(20-24)40-42(46)44-33-14-6-5-13-32(33)43-40/h1-22H. The Morgan fingerprint density at radius 1 is 0.468 bits per heavy atom. The van der Waals surface area contributed by atoms with Crippen LogP contribution in [0.15, 0.2) is 133 Å². The number of rotatable bonds is 1. The Kier molecular flexibility index (Phi) is 4.33. The van der Waals surface area contributed by atoms with Crippen molar-refractivity contribution in [1.82, 2.24) is 18.9 Å². The van der Waals surface area contributed by atoms with Crippen molar-refractivity contribution < 1.29 is 0 Å². The number of para-hydroxylation sites is 4. The van der Waals surface area contributed by atoms with Gasteiger partial charge < -0.3 is 4.57 Å². The molecule has 12 rings (SSSR count). The fourth-order valence-corrected chi connectivity index (χ4v) is 9.36. The summed E-state index contributed by atoms with van der Waals surface area (Å²) in [5.41, 5.74) is 9.56. The first-order valence-corrected chi connectivity index (χ1v) is 16.7. The minimum atomic E-state index is 0.906. The van der Waals surface area contributed by atoms with Crippen LogP contribution in [0.1, 0.15) is 0 Å². The molecule has 47 heavy (non-hydrogen) atoms. The minimum absolute atomic E-state index is 0.906. The molecule has 5 heterocycles. The van der Waals surface area contributed by atoms with Gasteiger partial charge in [0.1, 0.15) is 5.52 Å². The Morgan fingerprint density at radius 2 is 1.17 bits per heavy atom. The second-order valence-corrected chi connectivity index (χ2v) is 13.7. The molecule has 0 aliphatic heterocycles. The molecule has 0 saturated carbocycles. The van der Waals surface area contributed by atoms with E-state index in [4.69, 9.17) is 9.97 Å². The van der Waals surface area contributed by atoms with E-state index in [-0.39, 0.29) is 0 Å². The Hall–Kier alpha value is -6.04. The van der Waals surface area contributed by atoms with Crippen LogP contribution in [0.2, 0.25) is 0 Å². The number of nitrogens with zero attached hydrogens (tertiary/aromatic N) is 4. The zero-order valence-corrected chi connectivity index (χ0v) is 25.7. The highest BCUT2D eigenvalue weighted by molar-refractivity contribution is 7.26. The molecule has 5 aromatic heterocycles. The molecule has 0 aliphatic rings. The van der Waals surface area contributed by atoms with E-state index >= 15 is 0 Å². The summed E-state index contributed by atoms with van der Waals surface area (Å²) in [6, 6.07) is 48.5. The highest BCUT2D eigenvalue weighted by Crippen LogP contribution is 2.45. The Balaban J connectivity index is 1.25. The fourth-order valence-electron chi connectivity index (χ4n) is 8.23. The van der Waals surface area contributed by atoms with Crippen molar-refractivity contribution in [2.45, 2.75) is 0 Å². The molecular weight excluding hydrogens is 593 g/mol. The van der Waals surface area contributed by atoms with Gasteiger partial charge in [-0.05, 0) is 65.4 Å². The monoisotopic (exact) mass is 614 g/mol. The first kappa shape index (κ1) is 24.2. The number of benzene rings is 7. The smallest absolute Gasteiger partial charge is 0.165 e. The van der Waals surface area contributed by atoms with Crippen LogP contribution in [-0.4, -0.2) is 18.9 Å². The topological polar surface area (TPSA) is 35.1 Å². The summed E-state index contributed by atoms with van der Waals surface area (Å²) in [7, 11) is 0. The number of fused-ring (bicyclic) bond motifs is 15. The van der Waals surface area contributed by atoms with Crippen molar-refractivity contribution in [3.05, 3.63) is 133 Å². The summed E-state index contributed by atoms with van der Waals surface area (Å²) in [5, 5.41) is 11.4. The molecular formula is C42H22N4S. The minimum Gasteiger partial charge on any atom is -0.309 e. The normalized spacial score (nSPS) is 12.7. The molecule has 0 radical (unpaired) electrons. The third-order valence-corrected chi connectivity index (χ3v) is 11.3. The Labute approximate surface area is 270 Å². The molecule has 12 aromatic rings. The van der Waals surface area contributed by atoms with Crippen molar-refractivity contribution in [3.63, 3.8) is 0 Å². The molecule has 0 amide bonds. The van der Waals surface area contributed by atoms with Gasteiger partial charge in [0.05, 0.1) is 33.1 Å². The maximum absolute atomic E-state index is 5.22. The Bertz CT molecular complexity index is 3310. The van der Waals surface area contributed by atoms with E-state index in [9.17, 15) is 0 Å². The molecule has 0 saturated heterocycles. The van der Waals surface area contributed by atoms with E-state index in [1.54, 1.807) is 0 Å². The van der Waals surface area contributed by atoms with Crippen LogP contribution in [0.25, 0.3) is 108 Å². The van der Waals surface area contributed by atoms with Crippen molar-refractivity contribution >= 4 is 113 Å². The van der Waals surface area contributed by atoms with Crippen molar-refractivity contribution in [3.8, 4) is 5.69 Å². The van der Waals surface area contributed by atoms with Gasteiger partial charge in [0.25, 0.3) is 0 Å². The van der Waals surface area contributed by atoms with Gasteiger partial charge in [-0.25, -0.2) is 9.97 Å². The van der Waals surface area contributed by atoms with Gasteiger partial charge in [0.2, 0.25) is 0 Å². The lowest BCUT2D eigenvalue weighted by atomic mass is 10.0. The van der Waals surface area contributed by atoms with E-state index < -0.39 is 0 Å². The summed E-state index contributed by atoms with van der Waals surface area (Å²) in [6.45, 7) is 0. The van der Waals surface area contributed by atoms with Gasteiger partial charge in [-0.1, -0.05) is 78.9 Å². The number of hydrogen-bond donors (Lipinski definition) is 0. The van der Waals surface area contributed by atoms with Crippen LogP contribution in [0, 0.1) is 0 Å². The zero-order chi connectivity index (χ0) is 30.4. The Morgan fingerprint density at radius 3 is 2.04 bits per heavy atom. The van der Waals surface area contributed by atoms with Crippen LogP contribution >= 0.6 is 11.3 Å². The molecule has 0 fully saturated rings. The summed E-state index contributed by atoms with van der Waals surface area (Å²) in [6.07, 6.45) is 0. The van der Waals surface area contributed by atoms with E-state index in [1.165, 1.54) is 69.0 Å². The maximum Gasteiger partial charge on any atom is 0.165 e. The van der Waals surface area contributed by atoms with Gasteiger partial charge in [0.15, 0.2) is 5.65 Å². The van der Waals surface area contributed by atoms with E-state index in [2.05, 4.69) is 130 Å². The maximum atomic E-state index is 5.22. The van der Waals surface area contributed by atoms with Crippen LogP contribution in [-0.2, 0) is 0 Å². The first-order valence-electron chi connectivity index (χ1n) is 15.9. The fraction of sp³-hybridized carbons (Fsp3) is 0. The molecule has 4 nitrogen and oxygen atoms in total. The highest BCUT2D eigenvalue weighted by Gasteiger charge is 2.23. The van der Waals surface area contributed by atoms with Gasteiger partial charge in [-0.15, -0.1) is 11.3 Å². The second kappa shape index (κ2) is 8.40. The predicted molar refractivity (Wildman–Crippen MR) is 199 cm³/mol. The lowest BCUT2D eigenvalue weighted by molar-refractivity contribution is 1.19. The SMILES string of the molecule is c1ccc2c(c1)ccc1sc3cc4c(cc3c12)c1ccccc1n4-c1cc2c3ccccc3n3c4nc5ccccc5nc4c(c1)c23. The van der Waals surface area contributed by atoms with Crippen LogP contribution in [0.5, 0.6) is 0 Å². The average molecular weight is 615 g/mol. The third-order valence-electron chi connectivity index (χ3n) is 10.2. The van der Waals surface area contributed by atoms with Gasteiger partial charge in [0, 0.05) is 52.8 Å². The van der Waals surface area contributed by atoms with Crippen LogP contribution < -0.4 is 0 Å². The third kappa shape index (κ3) is 2.98. The first-order chi connectivity index (χ1) is 23.3. The van der Waals surface area contributed by atoms with Crippen molar-refractivity contribution in [1.29, 1.82) is 0 Å². The molecule has 0 bridgehead atoms. The van der Waals surface area contributed by atoms with Crippen molar-refractivity contribution in [2.75, 3.05) is 0 Å². The van der Waals surface area contributed by atoms with Gasteiger partial charge >= 0.3 is 0 Å². The molecule has 0 atom stereocenters. The summed E-state index contributed by atoms with van der Waals surface area (Å²) in [4.78, 5) is 10.4. The van der Waals surface area contributed by atoms with Gasteiger partial charge in [-0.2, -0.15) is 0 Å². The second-order valence-electron chi connectivity index (χ2n) is 12.6. The quantitative estimate of drug-likeness (QED) is 0.184. The predicted octanol–water partition coefficient (Wildman–Crippen LogP) is 11.4. The molecule has 7 aromatic carbocycles. The van der Waals surface area contributed by atoms with E-state index in [0.717, 1.165) is 38.8 Å². The number of hydrogen-bond acceptors (Lipinski definition) is 3. The summed E-state index contributed by atoms with van der Waals surface area (Å²) in [5.74, 6) is 0. The molecule has 216 valence electrons.